The summed E-state index contributed by atoms with van der Waals surface area (Å²) in [6.07, 6.45) is 6.42. The standard InChI is InChI=1S/C18H23N5O2.ClH/c19-11-13-3-1-4-16(13)18(25)20-12-17(24)22-14-5-7-15(8-6-14)23-10-2-9-21-23;/h2,5-10,13,16H,1,3-4,11-12,19H2,(H,20,25)(H,22,24);1H/t13-,16-;/m1./s1. The molecule has 2 atom stereocenters. The third-order valence-electron chi connectivity index (χ3n) is 4.64. The average molecular weight is 378 g/mol. The lowest BCUT2D eigenvalue weighted by atomic mass is 9.95. The molecule has 0 bridgehead atoms. The Hall–Kier alpha value is -2.38. The molecule has 1 saturated carbocycles. The predicted molar refractivity (Wildman–Crippen MR) is 102 cm³/mol. The maximum absolute atomic E-state index is 12.2. The van der Waals surface area contributed by atoms with Crippen molar-refractivity contribution >= 4 is 29.9 Å². The summed E-state index contributed by atoms with van der Waals surface area (Å²) >= 11 is 0. The van der Waals surface area contributed by atoms with Gasteiger partial charge in [0.05, 0.1) is 12.2 Å². The van der Waals surface area contributed by atoms with E-state index in [1.807, 2.05) is 24.4 Å². The Bertz CT molecular complexity index is 718. The lowest BCUT2D eigenvalue weighted by Crippen LogP contribution is -2.39. The summed E-state index contributed by atoms with van der Waals surface area (Å²) in [5.74, 6) is -0.149. The Morgan fingerprint density at radius 2 is 2.00 bits per heavy atom. The SMILES string of the molecule is Cl.NC[C@H]1CCC[C@H]1C(=O)NCC(=O)Nc1ccc(-n2cccn2)cc1. The van der Waals surface area contributed by atoms with Gasteiger partial charge in [-0.05, 0) is 55.6 Å². The maximum Gasteiger partial charge on any atom is 0.243 e. The molecule has 2 amide bonds. The summed E-state index contributed by atoms with van der Waals surface area (Å²) in [6.45, 7) is 0.487. The van der Waals surface area contributed by atoms with E-state index < -0.39 is 0 Å². The van der Waals surface area contributed by atoms with Gasteiger partial charge in [0.2, 0.25) is 11.8 Å². The Kier molecular flexibility index (Phi) is 7.17. The van der Waals surface area contributed by atoms with Crippen LogP contribution in [-0.4, -0.2) is 34.7 Å². The van der Waals surface area contributed by atoms with Gasteiger partial charge in [0.1, 0.15) is 0 Å². The topological polar surface area (TPSA) is 102 Å². The Balaban J connectivity index is 0.00000243. The third kappa shape index (κ3) is 4.83. The summed E-state index contributed by atoms with van der Waals surface area (Å²) in [5.41, 5.74) is 7.29. The Labute approximate surface area is 158 Å². The van der Waals surface area contributed by atoms with Gasteiger partial charge in [-0.2, -0.15) is 5.10 Å². The number of aromatic nitrogens is 2. The van der Waals surface area contributed by atoms with E-state index >= 15 is 0 Å². The lowest BCUT2D eigenvalue weighted by Gasteiger charge is -2.17. The van der Waals surface area contributed by atoms with Crippen LogP contribution in [0.4, 0.5) is 5.69 Å². The Morgan fingerprint density at radius 1 is 1.23 bits per heavy atom. The number of nitrogens with zero attached hydrogens (tertiary/aromatic N) is 2. The fraction of sp³-hybridized carbons (Fsp3) is 0.389. The van der Waals surface area contributed by atoms with Gasteiger partial charge in [-0.1, -0.05) is 6.42 Å². The second kappa shape index (κ2) is 9.35. The number of hydrogen-bond donors (Lipinski definition) is 3. The van der Waals surface area contributed by atoms with Crippen molar-refractivity contribution in [3.63, 3.8) is 0 Å². The molecule has 0 unspecified atom stereocenters. The summed E-state index contributed by atoms with van der Waals surface area (Å²) in [7, 11) is 0. The molecule has 4 N–H and O–H groups in total. The van der Waals surface area contributed by atoms with E-state index in [-0.39, 0.29) is 42.6 Å². The summed E-state index contributed by atoms with van der Waals surface area (Å²) in [5, 5.41) is 9.65. The average Bonchev–Trinajstić information content (AvgIpc) is 3.31. The molecule has 8 heteroatoms. The molecule has 26 heavy (non-hydrogen) atoms. The van der Waals surface area contributed by atoms with E-state index in [4.69, 9.17) is 5.73 Å². The number of anilines is 1. The van der Waals surface area contributed by atoms with Gasteiger partial charge in [0.25, 0.3) is 0 Å². The summed E-state index contributed by atoms with van der Waals surface area (Å²) < 4.78 is 1.74. The van der Waals surface area contributed by atoms with Gasteiger partial charge < -0.3 is 16.4 Å². The molecule has 0 spiro atoms. The van der Waals surface area contributed by atoms with Crippen LogP contribution in [0.15, 0.2) is 42.7 Å². The first-order chi connectivity index (χ1) is 12.2. The highest BCUT2D eigenvalue weighted by molar-refractivity contribution is 5.94. The first kappa shape index (κ1) is 19.9. The van der Waals surface area contributed by atoms with Gasteiger partial charge >= 0.3 is 0 Å². The first-order valence-electron chi connectivity index (χ1n) is 8.55. The van der Waals surface area contributed by atoms with Crippen LogP contribution in [-0.2, 0) is 9.59 Å². The molecule has 140 valence electrons. The van der Waals surface area contributed by atoms with Crippen molar-refractivity contribution in [1.82, 2.24) is 15.1 Å². The number of halogens is 1. The van der Waals surface area contributed by atoms with Crippen LogP contribution >= 0.6 is 12.4 Å². The van der Waals surface area contributed by atoms with Crippen molar-refractivity contribution in [2.24, 2.45) is 17.6 Å². The zero-order valence-corrected chi connectivity index (χ0v) is 15.2. The largest absolute Gasteiger partial charge is 0.347 e. The van der Waals surface area contributed by atoms with Gasteiger partial charge in [-0.15, -0.1) is 12.4 Å². The minimum atomic E-state index is -0.248. The van der Waals surface area contributed by atoms with E-state index in [1.54, 1.807) is 23.0 Å². The highest BCUT2D eigenvalue weighted by atomic mass is 35.5. The van der Waals surface area contributed by atoms with E-state index in [2.05, 4.69) is 15.7 Å². The molecule has 1 fully saturated rings. The summed E-state index contributed by atoms with van der Waals surface area (Å²) in [6, 6.07) is 9.19. The number of hydrogen-bond acceptors (Lipinski definition) is 4. The number of carbonyl (C=O) groups excluding carboxylic acids is 2. The third-order valence-corrected chi connectivity index (χ3v) is 4.64. The van der Waals surface area contributed by atoms with Crippen LogP contribution in [0.1, 0.15) is 19.3 Å². The molecule has 1 heterocycles. The van der Waals surface area contributed by atoms with Gasteiger partial charge in [-0.25, -0.2) is 4.68 Å². The first-order valence-corrected chi connectivity index (χ1v) is 8.55. The smallest absolute Gasteiger partial charge is 0.243 e. The zero-order valence-electron chi connectivity index (χ0n) is 14.4. The van der Waals surface area contributed by atoms with Crippen molar-refractivity contribution in [3.05, 3.63) is 42.7 Å². The molecule has 3 rings (SSSR count). The number of benzene rings is 1. The molecule has 1 aliphatic rings. The second-order valence-corrected chi connectivity index (χ2v) is 6.30. The minimum absolute atomic E-state index is 0. The minimum Gasteiger partial charge on any atom is -0.347 e. The maximum atomic E-state index is 12.2. The van der Waals surface area contributed by atoms with E-state index in [1.165, 1.54) is 0 Å². The second-order valence-electron chi connectivity index (χ2n) is 6.30. The van der Waals surface area contributed by atoms with Gasteiger partial charge in [-0.3, -0.25) is 9.59 Å². The normalized spacial score (nSPS) is 18.8. The van der Waals surface area contributed by atoms with Crippen LogP contribution in [0.5, 0.6) is 0 Å². The van der Waals surface area contributed by atoms with Gasteiger partial charge in [0.15, 0.2) is 0 Å². The summed E-state index contributed by atoms with van der Waals surface area (Å²) in [4.78, 5) is 24.2. The molecular formula is C18H24ClN5O2. The van der Waals surface area contributed by atoms with Crippen LogP contribution in [0.2, 0.25) is 0 Å². The number of nitrogens with one attached hydrogen (secondary N) is 2. The molecule has 2 aromatic rings. The molecule has 0 radical (unpaired) electrons. The van der Waals surface area contributed by atoms with Crippen molar-refractivity contribution in [3.8, 4) is 5.69 Å². The highest BCUT2D eigenvalue weighted by Crippen LogP contribution is 2.30. The highest BCUT2D eigenvalue weighted by Gasteiger charge is 2.31. The van der Waals surface area contributed by atoms with Crippen LogP contribution in [0.25, 0.3) is 5.69 Å². The lowest BCUT2D eigenvalue weighted by molar-refractivity contribution is -0.128. The number of nitrogens with two attached hydrogens (primary N) is 1. The fourth-order valence-electron chi connectivity index (χ4n) is 3.29. The number of carbonyl (C=O) groups is 2. The molecule has 7 nitrogen and oxygen atoms in total. The van der Waals surface area contributed by atoms with Crippen molar-refractivity contribution in [2.75, 3.05) is 18.4 Å². The van der Waals surface area contributed by atoms with E-state index in [0.717, 1.165) is 24.9 Å². The molecule has 1 aromatic heterocycles. The quantitative estimate of drug-likeness (QED) is 0.713. The molecule has 1 aromatic carbocycles. The number of rotatable bonds is 6. The van der Waals surface area contributed by atoms with Crippen LogP contribution in [0.3, 0.4) is 0 Å². The van der Waals surface area contributed by atoms with Crippen molar-refractivity contribution in [2.45, 2.75) is 19.3 Å². The molecule has 1 aliphatic carbocycles. The number of amides is 2. The van der Waals surface area contributed by atoms with Crippen molar-refractivity contribution in [1.29, 1.82) is 0 Å². The van der Waals surface area contributed by atoms with E-state index in [9.17, 15) is 9.59 Å². The molecule has 0 aliphatic heterocycles. The van der Waals surface area contributed by atoms with E-state index in [0.29, 0.717) is 12.2 Å². The fourth-order valence-corrected chi connectivity index (χ4v) is 3.29. The van der Waals surface area contributed by atoms with Crippen LogP contribution in [0, 0.1) is 11.8 Å². The molecule has 0 saturated heterocycles. The van der Waals surface area contributed by atoms with Crippen LogP contribution < -0.4 is 16.4 Å². The Morgan fingerprint density at radius 3 is 2.65 bits per heavy atom. The zero-order chi connectivity index (χ0) is 17.6. The monoisotopic (exact) mass is 377 g/mol. The predicted octanol–water partition coefficient (Wildman–Crippen LogP) is 1.72. The molecular weight excluding hydrogens is 354 g/mol. The van der Waals surface area contributed by atoms with Gasteiger partial charge in [0, 0.05) is 24.0 Å². The van der Waals surface area contributed by atoms with Crippen molar-refractivity contribution < 1.29 is 9.59 Å².